The summed E-state index contributed by atoms with van der Waals surface area (Å²) in [7, 11) is 1.58. The van der Waals surface area contributed by atoms with Crippen molar-refractivity contribution in [3.05, 3.63) is 65.2 Å². The number of aromatic nitrogens is 3. The first-order valence-corrected chi connectivity index (χ1v) is 9.59. The highest BCUT2D eigenvalue weighted by Gasteiger charge is 2.34. The molecule has 4 rings (SSSR count). The third-order valence-corrected chi connectivity index (χ3v) is 5.05. The lowest BCUT2D eigenvalue weighted by atomic mass is 10.1. The van der Waals surface area contributed by atoms with E-state index >= 15 is 0 Å². The Morgan fingerprint density at radius 1 is 1.03 bits per heavy atom. The second-order valence-electron chi connectivity index (χ2n) is 7.00. The molecule has 0 bridgehead atoms. The lowest BCUT2D eigenvalue weighted by Gasteiger charge is -2.13. The summed E-state index contributed by atoms with van der Waals surface area (Å²) in [6.45, 7) is 2.33. The maximum absolute atomic E-state index is 12.4. The molecule has 3 heterocycles. The summed E-state index contributed by atoms with van der Waals surface area (Å²) >= 11 is 0. The molecule has 0 saturated heterocycles. The zero-order chi connectivity index (χ0) is 20.4. The third kappa shape index (κ3) is 3.63. The molecule has 7 heteroatoms. The maximum atomic E-state index is 12.4. The predicted octanol–water partition coefficient (Wildman–Crippen LogP) is 3.41. The van der Waals surface area contributed by atoms with Gasteiger partial charge in [-0.3, -0.25) is 14.5 Å². The van der Waals surface area contributed by atoms with Crippen LogP contribution in [0.3, 0.4) is 0 Å². The lowest BCUT2D eigenvalue weighted by Crippen LogP contribution is -2.30. The number of ether oxygens (including phenoxy) is 1. The number of methoxy groups -OCH3 is 1. The number of hydrogen-bond donors (Lipinski definition) is 1. The normalized spacial score (nSPS) is 13.1. The molecule has 0 fully saturated rings. The first-order valence-electron chi connectivity index (χ1n) is 9.59. The Morgan fingerprint density at radius 3 is 2.38 bits per heavy atom. The molecule has 0 atom stereocenters. The Hall–Kier alpha value is -3.48. The number of unbranched alkanes of at least 4 members (excludes halogenated alkanes) is 1. The minimum absolute atomic E-state index is 0.201. The number of benzene rings is 1. The predicted molar refractivity (Wildman–Crippen MR) is 108 cm³/mol. The number of imidazole rings is 1. The number of pyridine rings is 1. The van der Waals surface area contributed by atoms with Gasteiger partial charge in [0.25, 0.3) is 11.8 Å². The molecule has 3 aromatic rings. The SMILES string of the molecule is COc1ccc(-c2nc(C)[nH]c2CCCCN2C(=O)c3ccccc3C2=O)cn1. The van der Waals surface area contributed by atoms with Crippen molar-refractivity contribution in [3.8, 4) is 17.1 Å². The molecule has 7 nitrogen and oxygen atoms in total. The van der Waals surface area contributed by atoms with Crippen molar-refractivity contribution in [1.82, 2.24) is 19.9 Å². The fraction of sp³-hybridized carbons (Fsp3) is 0.273. The summed E-state index contributed by atoms with van der Waals surface area (Å²) in [6, 6.07) is 10.7. The number of aromatic amines is 1. The van der Waals surface area contributed by atoms with E-state index in [-0.39, 0.29) is 11.8 Å². The highest BCUT2D eigenvalue weighted by Crippen LogP contribution is 2.25. The molecule has 0 spiro atoms. The Labute approximate surface area is 168 Å². The molecule has 0 aliphatic carbocycles. The van der Waals surface area contributed by atoms with Gasteiger partial charge in [-0.25, -0.2) is 9.97 Å². The lowest BCUT2D eigenvalue weighted by molar-refractivity contribution is 0.0652. The standard InChI is InChI=1S/C22H22N4O3/c1-14-24-18(20(25-14)15-10-11-19(29-2)23-13-15)9-5-6-12-26-21(27)16-7-3-4-8-17(16)22(26)28/h3-4,7-8,10-11,13H,5-6,9,12H2,1-2H3,(H,24,25). The van der Waals surface area contributed by atoms with Crippen molar-refractivity contribution in [2.75, 3.05) is 13.7 Å². The zero-order valence-corrected chi connectivity index (χ0v) is 16.4. The summed E-state index contributed by atoms with van der Waals surface area (Å²) < 4.78 is 5.11. The molecule has 29 heavy (non-hydrogen) atoms. The van der Waals surface area contributed by atoms with Crippen LogP contribution >= 0.6 is 0 Å². The second-order valence-corrected chi connectivity index (χ2v) is 7.00. The Balaban J connectivity index is 1.38. The van der Waals surface area contributed by atoms with Crippen molar-refractivity contribution < 1.29 is 14.3 Å². The molecule has 1 aliphatic heterocycles. The number of nitrogens with zero attached hydrogens (tertiary/aromatic N) is 3. The Kier molecular flexibility index (Phi) is 5.12. The van der Waals surface area contributed by atoms with Crippen LogP contribution in [0.4, 0.5) is 0 Å². The van der Waals surface area contributed by atoms with Crippen LogP contribution in [0.1, 0.15) is 45.1 Å². The van der Waals surface area contributed by atoms with Gasteiger partial charge < -0.3 is 9.72 Å². The van der Waals surface area contributed by atoms with Crippen LogP contribution in [0.2, 0.25) is 0 Å². The zero-order valence-electron chi connectivity index (χ0n) is 16.4. The van der Waals surface area contributed by atoms with Crippen LogP contribution in [-0.4, -0.2) is 45.3 Å². The van der Waals surface area contributed by atoms with E-state index < -0.39 is 0 Å². The number of carbonyl (C=O) groups excluding carboxylic acids is 2. The van der Waals surface area contributed by atoms with Gasteiger partial charge in [0.2, 0.25) is 5.88 Å². The molecular weight excluding hydrogens is 368 g/mol. The average Bonchev–Trinajstić information content (AvgIpc) is 3.23. The molecule has 1 aliphatic rings. The van der Waals surface area contributed by atoms with Gasteiger partial charge in [0.05, 0.1) is 23.9 Å². The monoisotopic (exact) mass is 390 g/mol. The number of H-pyrrole nitrogens is 1. The van der Waals surface area contributed by atoms with E-state index in [1.807, 2.05) is 19.1 Å². The summed E-state index contributed by atoms with van der Waals surface area (Å²) in [5, 5.41) is 0. The summed E-state index contributed by atoms with van der Waals surface area (Å²) in [4.78, 5) is 38.4. The number of rotatable bonds is 7. The minimum Gasteiger partial charge on any atom is -0.481 e. The third-order valence-electron chi connectivity index (χ3n) is 5.05. The molecule has 1 N–H and O–H groups in total. The van der Waals surface area contributed by atoms with Crippen LogP contribution in [-0.2, 0) is 6.42 Å². The summed E-state index contributed by atoms with van der Waals surface area (Å²) in [5.41, 5.74) is 3.81. The first kappa shape index (κ1) is 18.9. The van der Waals surface area contributed by atoms with E-state index in [0.717, 1.165) is 42.0 Å². The van der Waals surface area contributed by atoms with E-state index in [2.05, 4.69) is 15.0 Å². The fourth-order valence-corrected chi connectivity index (χ4v) is 3.62. The molecule has 148 valence electrons. The Morgan fingerprint density at radius 2 is 1.76 bits per heavy atom. The number of nitrogens with one attached hydrogen (secondary N) is 1. The van der Waals surface area contributed by atoms with Crippen LogP contribution in [0.5, 0.6) is 5.88 Å². The molecule has 0 radical (unpaired) electrons. The van der Waals surface area contributed by atoms with Gasteiger partial charge in [-0.05, 0) is 44.4 Å². The molecule has 0 saturated carbocycles. The van der Waals surface area contributed by atoms with Crippen LogP contribution in [0.15, 0.2) is 42.6 Å². The van der Waals surface area contributed by atoms with Crippen LogP contribution < -0.4 is 4.74 Å². The maximum Gasteiger partial charge on any atom is 0.261 e. The molecule has 1 aromatic carbocycles. The van der Waals surface area contributed by atoms with Crippen molar-refractivity contribution in [1.29, 1.82) is 0 Å². The smallest absolute Gasteiger partial charge is 0.261 e. The van der Waals surface area contributed by atoms with E-state index in [1.165, 1.54) is 4.90 Å². The number of hydrogen-bond acceptors (Lipinski definition) is 5. The van der Waals surface area contributed by atoms with Crippen molar-refractivity contribution in [2.45, 2.75) is 26.2 Å². The van der Waals surface area contributed by atoms with Crippen molar-refractivity contribution in [2.24, 2.45) is 0 Å². The summed E-state index contributed by atoms with van der Waals surface area (Å²) in [5.74, 6) is 0.996. The van der Waals surface area contributed by atoms with E-state index in [1.54, 1.807) is 37.6 Å². The van der Waals surface area contributed by atoms with Gasteiger partial charge in [0.1, 0.15) is 5.82 Å². The van der Waals surface area contributed by atoms with E-state index in [0.29, 0.717) is 23.6 Å². The molecule has 2 amide bonds. The van der Waals surface area contributed by atoms with E-state index in [9.17, 15) is 9.59 Å². The number of carbonyl (C=O) groups is 2. The first-order chi connectivity index (χ1) is 14.1. The number of fused-ring (bicyclic) bond motifs is 1. The number of amides is 2. The molecule has 2 aromatic heterocycles. The average molecular weight is 390 g/mol. The number of imide groups is 1. The molecule has 0 unspecified atom stereocenters. The van der Waals surface area contributed by atoms with Gasteiger partial charge in [-0.2, -0.15) is 0 Å². The minimum atomic E-state index is -0.201. The highest BCUT2D eigenvalue weighted by molar-refractivity contribution is 6.21. The second kappa shape index (κ2) is 7.87. The van der Waals surface area contributed by atoms with Crippen molar-refractivity contribution in [3.63, 3.8) is 0 Å². The van der Waals surface area contributed by atoms with Crippen LogP contribution in [0.25, 0.3) is 11.3 Å². The van der Waals surface area contributed by atoms with Crippen molar-refractivity contribution >= 4 is 11.8 Å². The van der Waals surface area contributed by atoms with Gasteiger partial charge in [-0.15, -0.1) is 0 Å². The largest absolute Gasteiger partial charge is 0.481 e. The number of aryl methyl sites for hydroxylation is 2. The highest BCUT2D eigenvalue weighted by atomic mass is 16.5. The van der Waals surface area contributed by atoms with E-state index in [4.69, 9.17) is 4.74 Å². The summed E-state index contributed by atoms with van der Waals surface area (Å²) in [6.07, 6.45) is 4.07. The molecular formula is C22H22N4O3. The van der Waals surface area contributed by atoms with Gasteiger partial charge >= 0.3 is 0 Å². The quantitative estimate of drug-likeness (QED) is 0.493. The van der Waals surface area contributed by atoms with Gasteiger partial charge in [0.15, 0.2) is 0 Å². The Bertz CT molecular complexity index is 1020. The van der Waals surface area contributed by atoms with Gasteiger partial charge in [0, 0.05) is 30.1 Å². The fourth-order valence-electron chi connectivity index (χ4n) is 3.62. The topological polar surface area (TPSA) is 88.2 Å². The van der Waals surface area contributed by atoms with Gasteiger partial charge in [-0.1, -0.05) is 12.1 Å². The van der Waals surface area contributed by atoms with Crippen LogP contribution in [0, 0.1) is 6.92 Å².